The minimum Gasteiger partial charge on any atom is -0.371 e. The topological polar surface area (TPSA) is 64.8 Å². The van der Waals surface area contributed by atoms with E-state index >= 15 is 0 Å². The second kappa shape index (κ2) is 5.76. The highest BCUT2D eigenvalue weighted by atomic mass is 16.7. The fourth-order valence-corrected chi connectivity index (χ4v) is 2.81. The van der Waals surface area contributed by atoms with Gasteiger partial charge in [-0.1, -0.05) is 0 Å². The van der Waals surface area contributed by atoms with Crippen molar-refractivity contribution in [1.82, 2.24) is 0 Å². The van der Waals surface area contributed by atoms with E-state index in [0.29, 0.717) is 13.2 Å². The largest absolute Gasteiger partial charge is 0.371 e. The predicted octanol–water partition coefficient (Wildman–Crippen LogP) is 2.63. The molecule has 0 amide bonds. The van der Waals surface area contributed by atoms with Gasteiger partial charge in [-0.25, -0.2) is 0 Å². The van der Waals surface area contributed by atoms with E-state index in [4.69, 9.17) is 9.47 Å². The third kappa shape index (κ3) is 2.62. The van der Waals surface area contributed by atoms with Gasteiger partial charge in [-0.15, -0.1) is 0 Å². The Hall–Kier alpha value is -1.66. The molecule has 1 aromatic rings. The number of ether oxygens (including phenoxy) is 2. The Balaban J connectivity index is 1.96. The van der Waals surface area contributed by atoms with Gasteiger partial charge in [-0.05, 0) is 25.3 Å². The maximum Gasteiger partial charge on any atom is 0.270 e. The second-order valence-electron chi connectivity index (χ2n) is 5.12. The molecule has 6 heteroatoms. The minimum absolute atomic E-state index is 0.0832. The molecule has 3 rings (SSSR count). The monoisotopic (exact) mass is 278 g/mol. The van der Waals surface area contributed by atoms with Gasteiger partial charge in [0.05, 0.1) is 18.1 Å². The molecule has 0 saturated carbocycles. The third-order valence-corrected chi connectivity index (χ3v) is 3.79. The van der Waals surface area contributed by atoms with Gasteiger partial charge in [0.2, 0.25) is 0 Å². The molecule has 2 saturated heterocycles. The van der Waals surface area contributed by atoms with Gasteiger partial charge in [0, 0.05) is 36.5 Å². The lowest BCUT2D eigenvalue weighted by Crippen LogP contribution is -2.30. The molecule has 0 spiro atoms. The highest BCUT2D eigenvalue weighted by Crippen LogP contribution is 2.35. The summed E-state index contributed by atoms with van der Waals surface area (Å²) in [6.07, 6.45) is 3.08. The van der Waals surface area contributed by atoms with Gasteiger partial charge in [0.15, 0.2) is 6.29 Å². The minimum atomic E-state index is -0.480. The standard InChI is InChI=1S/C14H18N2O4/c17-16(18)11-4-5-13(15-6-2-1-3-7-15)12(10-11)14-19-8-9-20-14/h4-5,10,14H,1-3,6-9H2. The first-order valence-electron chi connectivity index (χ1n) is 7.02. The maximum absolute atomic E-state index is 11.0. The van der Waals surface area contributed by atoms with Crippen LogP contribution in [0, 0.1) is 10.1 Å². The molecule has 108 valence electrons. The molecule has 0 radical (unpaired) electrons. The average Bonchev–Trinajstić information content (AvgIpc) is 3.01. The van der Waals surface area contributed by atoms with Crippen molar-refractivity contribution in [2.24, 2.45) is 0 Å². The van der Waals surface area contributed by atoms with Crippen LogP contribution in [0.4, 0.5) is 11.4 Å². The van der Waals surface area contributed by atoms with E-state index in [2.05, 4.69) is 4.90 Å². The van der Waals surface area contributed by atoms with E-state index in [0.717, 1.165) is 37.2 Å². The van der Waals surface area contributed by atoms with E-state index in [9.17, 15) is 10.1 Å². The first kappa shape index (κ1) is 13.3. The van der Waals surface area contributed by atoms with E-state index < -0.39 is 6.29 Å². The molecule has 6 nitrogen and oxygen atoms in total. The van der Waals surface area contributed by atoms with Crippen LogP contribution >= 0.6 is 0 Å². The molecular formula is C14H18N2O4. The number of rotatable bonds is 3. The molecule has 1 aromatic carbocycles. The number of nitrogens with zero attached hydrogens (tertiary/aromatic N) is 2. The summed E-state index contributed by atoms with van der Waals surface area (Å²) in [6, 6.07) is 4.96. The lowest BCUT2D eigenvalue weighted by Gasteiger charge is -2.31. The smallest absolute Gasteiger partial charge is 0.270 e. The molecular weight excluding hydrogens is 260 g/mol. The van der Waals surface area contributed by atoms with Gasteiger partial charge in [0.25, 0.3) is 5.69 Å². The molecule has 0 aliphatic carbocycles. The summed E-state index contributed by atoms with van der Waals surface area (Å²) >= 11 is 0. The lowest BCUT2D eigenvalue weighted by molar-refractivity contribution is -0.385. The Morgan fingerprint density at radius 1 is 1.15 bits per heavy atom. The molecule has 2 heterocycles. The van der Waals surface area contributed by atoms with Crippen LogP contribution in [-0.2, 0) is 9.47 Å². The normalized spacial score (nSPS) is 20.3. The van der Waals surface area contributed by atoms with Crippen LogP contribution in [0.25, 0.3) is 0 Å². The van der Waals surface area contributed by atoms with Crippen molar-refractivity contribution in [3.05, 3.63) is 33.9 Å². The number of non-ortho nitro benzene ring substituents is 1. The quantitative estimate of drug-likeness (QED) is 0.628. The summed E-state index contributed by atoms with van der Waals surface area (Å²) in [7, 11) is 0. The number of benzene rings is 1. The Bertz CT molecular complexity index is 494. The van der Waals surface area contributed by atoms with Gasteiger partial charge in [-0.2, -0.15) is 0 Å². The molecule has 0 atom stereocenters. The summed E-state index contributed by atoms with van der Waals surface area (Å²) in [6.45, 7) is 3.04. The summed E-state index contributed by atoms with van der Waals surface area (Å²) in [5, 5.41) is 11.0. The predicted molar refractivity (Wildman–Crippen MR) is 73.8 cm³/mol. The van der Waals surface area contributed by atoms with E-state index in [1.807, 2.05) is 6.07 Å². The zero-order valence-corrected chi connectivity index (χ0v) is 11.3. The van der Waals surface area contributed by atoms with Crippen LogP contribution in [0.3, 0.4) is 0 Å². The van der Waals surface area contributed by atoms with E-state index in [1.165, 1.54) is 6.42 Å². The van der Waals surface area contributed by atoms with Crippen molar-refractivity contribution in [1.29, 1.82) is 0 Å². The second-order valence-corrected chi connectivity index (χ2v) is 5.12. The van der Waals surface area contributed by atoms with E-state index in [-0.39, 0.29) is 10.6 Å². The zero-order valence-electron chi connectivity index (χ0n) is 11.3. The van der Waals surface area contributed by atoms with Crippen LogP contribution < -0.4 is 4.90 Å². The zero-order chi connectivity index (χ0) is 13.9. The molecule has 0 bridgehead atoms. The first-order chi connectivity index (χ1) is 9.75. The lowest BCUT2D eigenvalue weighted by atomic mass is 10.1. The highest BCUT2D eigenvalue weighted by Gasteiger charge is 2.26. The summed E-state index contributed by atoms with van der Waals surface area (Å²) in [5.41, 5.74) is 1.86. The summed E-state index contributed by atoms with van der Waals surface area (Å²) < 4.78 is 11.1. The van der Waals surface area contributed by atoms with Crippen molar-refractivity contribution in [3.8, 4) is 0 Å². The summed E-state index contributed by atoms with van der Waals surface area (Å²) in [5.74, 6) is 0. The number of nitro benzene ring substituents is 1. The number of piperidine rings is 1. The van der Waals surface area contributed by atoms with Crippen molar-refractivity contribution in [3.63, 3.8) is 0 Å². The molecule has 2 aliphatic heterocycles. The van der Waals surface area contributed by atoms with Crippen LogP contribution in [0.5, 0.6) is 0 Å². The van der Waals surface area contributed by atoms with Crippen molar-refractivity contribution in [2.75, 3.05) is 31.2 Å². The number of anilines is 1. The molecule has 20 heavy (non-hydrogen) atoms. The number of hydrogen-bond acceptors (Lipinski definition) is 5. The fourth-order valence-electron chi connectivity index (χ4n) is 2.81. The van der Waals surface area contributed by atoms with Gasteiger partial charge < -0.3 is 14.4 Å². The van der Waals surface area contributed by atoms with Crippen molar-refractivity contribution >= 4 is 11.4 Å². The molecule has 0 aromatic heterocycles. The van der Waals surface area contributed by atoms with Crippen molar-refractivity contribution < 1.29 is 14.4 Å². The van der Waals surface area contributed by atoms with Crippen LogP contribution in [0.15, 0.2) is 18.2 Å². The molecule has 0 N–H and O–H groups in total. The van der Waals surface area contributed by atoms with Gasteiger partial charge in [-0.3, -0.25) is 10.1 Å². The number of nitro groups is 1. The average molecular weight is 278 g/mol. The van der Waals surface area contributed by atoms with Crippen LogP contribution in [-0.4, -0.2) is 31.2 Å². The molecule has 0 unspecified atom stereocenters. The maximum atomic E-state index is 11.0. The molecule has 2 fully saturated rings. The van der Waals surface area contributed by atoms with Crippen molar-refractivity contribution in [2.45, 2.75) is 25.6 Å². The Kier molecular flexibility index (Phi) is 3.84. The third-order valence-electron chi connectivity index (χ3n) is 3.79. The Morgan fingerprint density at radius 2 is 1.85 bits per heavy atom. The fraction of sp³-hybridized carbons (Fsp3) is 0.571. The van der Waals surface area contributed by atoms with Gasteiger partial charge >= 0.3 is 0 Å². The summed E-state index contributed by atoms with van der Waals surface area (Å²) in [4.78, 5) is 12.9. The first-order valence-corrected chi connectivity index (χ1v) is 7.02. The Morgan fingerprint density at radius 3 is 2.50 bits per heavy atom. The SMILES string of the molecule is O=[N+]([O-])c1ccc(N2CCCCC2)c(C2OCCO2)c1. The van der Waals surface area contributed by atoms with Crippen LogP contribution in [0.2, 0.25) is 0 Å². The number of hydrogen-bond donors (Lipinski definition) is 0. The highest BCUT2D eigenvalue weighted by molar-refractivity contribution is 5.58. The Labute approximate surface area is 117 Å². The van der Waals surface area contributed by atoms with Crippen LogP contribution in [0.1, 0.15) is 31.1 Å². The van der Waals surface area contributed by atoms with Gasteiger partial charge in [0.1, 0.15) is 0 Å². The molecule has 2 aliphatic rings. The van der Waals surface area contributed by atoms with E-state index in [1.54, 1.807) is 12.1 Å².